The van der Waals surface area contributed by atoms with Crippen LogP contribution in [-0.2, 0) is 11.2 Å². The van der Waals surface area contributed by atoms with Crippen LogP contribution in [0.2, 0.25) is 0 Å². The fourth-order valence-electron chi connectivity index (χ4n) is 1.74. The SMILES string of the molecule is Cc1ccc(-c2nc(CC(=O)NCC(F)(F)CN)cs2)cc1.Cl.Cl. The average Bonchev–Trinajstić information content (AvgIpc) is 2.94. The number of nitrogens with zero attached hydrogens (tertiary/aromatic N) is 1. The van der Waals surface area contributed by atoms with Gasteiger partial charge in [0.25, 0.3) is 5.92 Å². The molecule has 134 valence electrons. The molecule has 0 atom stereocenters. The highest BCUT2D eigenvalue weighted by Crippen LogP contribution is 2.24. The molecule has 0 spiro atoms. The summed E-state index contributed by atoms with van der Waals surface area (Å²) < 4.78 is 25.9. The molecule has 1 heterocycles. The second-order valence-corrected chi connectivity index (χ2v) is 5.88. The summed E-state index contributed by atoms with van der Waals surface area (Å²) in [6, 6.07) is 7.88. The van der Waals surface area contributed by atoms with Crippen LogP contribution in [0.3, 0.4) is 0 Å². The van der Waals surface area contributed by atoms with Gasteiger partial charge < -0.3 is 11.1 Å². The molecule has 4 nitrogen and oxygen atoms in total. The number of rotatable bonds is 6. The molecule has 0 fully saturated rings. The number of aromatic nitrogens is 1. The lowest BCUT2D eigenvalue weighted by atomic mass is 10.2. The number of alkyl halides is 2. The fourth-order valence-corrected chi connectivity index (χ4v) is 2.57. The largest absolute Gasteiger partial charge is 0.350 e. The zero-order chi connectivity index (χ0) is 16.2. The number of nitrogens with two attached hydrogens (primary N) is 1. The molecule has 0 radical (unpaired) electrons. The molecular weight excluding hydrogens is 379 g/mol. The van der Waals surface area contributed by atoms with Crippen molar-refractivity contribution in [2.75, 3.05) is 13.1 Å². The van der Waals surface area contributed by atoms with Crippen molar-refractivity contribution >= 4 is 42.1 Å². The van der Waals surface area contributed by atoms with Crippen molar-refractivity contribution < 1.29 is 13.6 Å². The lowest BCUT2D eigenvalue weighted by Crippen LogP contribution is -2.42. The van der Waals surface area contributed by atoms with Crippen LogP contribution in [0.25, 0.3) is 10.6 Å². The minimum Gasteiger partial charge on any atom is -0.350 e. The predicted octanol–water partition coefficient (Wildman–Crippen LogP) is 3.21. The summed E-state index contributed by atoms with van der Waals surface area (Å²) in [5.74, 6) is -3.57. The van der Waals surface area contributed by atoms with Crippen LogP contribution < -0.4 is 11.1 Å². The monoisotopic (exact) mass is 397 g/mol. The van der Waals surface area contributed by atoms with Crippen LogP contribution in [0.1, 0.15) is 11.3 Å². The molecule has 0 aliphatic heterocycles. The van der Waals surface area contributed by atoms with Gasteiger partial charge in [-0.1, -0.05) is 29.8 Å². The zero-order valence-electron chi connectivity index (χ0n) is 12.9. The molecule has 24 heavy (non-hydrogen) atoms. The molecule has 0 saturated carbocycles. The van der Waals surface area contributed by atoms with Crippen molar-refractivity contribution in [3.05, 3.63) is 40.9 Å². The van der Waals surface area contributed by atoms with Gasteiger partial charge in [0, 0.05) is 10.9 Å². The number of hydrogen-bond acceptors (Lipinski definition) is 4. The maximum atomic E-state index is 13.0. The molecule has 0 aliphatic rings. The van der Waals surface area contributed by atoms with E-state index in [-0.39, 0.29) is 31.2 Å². The lowest BCUT2D eigenvalue weighted by Gasteiger charge is -2.14. The highest BCUT2D eigenvalue weighted by molar-refractivity contribution is 7.13. The highest BCUT2D eigenvalue weighted by Gasteiger charge is 2.27. The Morgan fingerprint density at radius 1 is 1.29 bits per heavy atom. The maximum absolute atomic E-state index is 13.0. The maximum Gasteiger partial charge on any atom is 0.277 e. The van der Waals surface area contributed by atoms with Crippen molar-refractivity contribution in [3.8, 4) is 10.6 Å². The van der Waals surface area contributed by atoms with E-state index in [1.807, 2.05) is 31.2 Å². The zero-order valence-corrected chi connectivity index (χ0v) is 15.4. The summed E-state index contributed by atoms with van der Waals surface area (Å²) >= 11 is 1.42. The van der Waals surface area contributed by atoms with E-state index >= 15 is 0 Å². The minimum absolute atomic E-state index is 0. The summed E-state index contributed by atoms with van der Waals surface area (Å²) in [5, 5.41) is 4.74. The van der Waals surface area contributed by atoms with Gasteiger partial charge in [-0.05, 0) is 6.92 Å². The molecule has 3 N–H and O–H groups in total. The van der Waals surface area contributed by atoms with Gasteiger partial charge in [-0.15, -0.1) is 36.2 Å². The van der Waals surface area contributed by atoms with Gasteiger partial charge in [0.1, 0.15) is 5.01 Å². The van der Waals surface area contributed by atoms with Gasteiger partial charge in [-0.25, -0.2) is 13.8 Å². The quantitative estimate of drug-likeness (QED) is 0.785. The third-order valence-electron chi connectivity index (χ3n) is 3.03. The number of thiazole rings is 1. The third kappa shape index (κ3) is 6.68. The number of carbonyl (C=O) groups excluding carboxylic acids is 1. The van der Waals surface area contributed by atoms with Gasteiger partial charge in [-0.3, -0.25) is 4.79 Å². The predicted molar refractivity (Wildman–Crippen MR) is 97.5 cm³/mol. The van der Waals surface area contributed by atoms with E-state index in [1.165, 1.54) is 11.3 Å². The Labute approximate surface area is 155 Å². The topological polar surface area (TPSA) is 68.0 Å². The van der Waals surface area contributed by atoms with Crippen molar-refractivity contribution in [1.29, 1.82) is 0 Å². The standard InChI is InChI=1S/C15H17F2N3OS.2ClH/c1-10-2-4-11(5-3-10)14-20-12(7-22-14)6-13(21)19-9-15(16,17)8-18;;/h2-5,7H,6,8-9,18H2,1H3,(H,19,21);2*1H. The van der Waals surface area contributed by atoms with E-state index in [4.69, 9.17) is 5.73 Å². The summed E-state index contributed by atoms with van der Waals surface area (Å²) in [6.45, 7) is 0.456. The van der Waals surface area contributed by atoms with Crippen molar-refractivity contribution in [1.82, 2.24) is 10.3 Å². The van der Waals surface area contributed by atoms with E-state index in [1.54, 1.807) is 5.38 Å². The average molecular weight is 398 g/mol. The van der Waals surface area contributed by atoms with E-state index in [0.29, 0.717) is 5.69 Å². The molecule has 1 aromatic heterocycles. The van der Waals surface area contributed by atoms with Gasteiger partial charge in [0.15, 0.2) is 0 Å². The number of halogens is 4. The summed E-state index contributed by atoms with van der Waals surface area (Å²) in [4.78, 5) is 16.0. The highest BCUT2D eigenvalue weighted by atomic mass is 35.5. The summed E-state index contributed by atoms with van der Waals surface area (Å²) in [6.07, 6.45) is -0.0248. The molecule has 1 aromatic carbocycles. The molecule has 0 unspecified atom stereocenters. The van der Waals surface area contributed by atoms with Gasteiger partial charge >= 0.3 is 0 Å². The molecular formula is C15H19Cl2F2N3OS. The third-order valence-corrected chi connectivity index (χ3v) is 3.97. The molecule has 2 rings (SSSR count). The van der Waals surface area contributed by atoms with Crippen LogP contribution in [-0.4, -0.2) is 29.9 Å². The lowest BCUT2D eigenvalue weighted by molar-refractivity contribution is -0.122. The molecule has 2 aromatic rings. The minimum atomic E-state index is -3.08. The van der Waals surface area contributed by atoms with Crippen LogP contribution in [0.4, 0.5) is 8.78 Å². The number of nitrogens with one attached hydrogen (secondary N) is 1. The van der Waals surface area contributed by atoms with E-state index in [9.17, 15) is 13.6 Å². The van der Waals surface area contributed by atoms with Gasteiger partial charge in [0.2, 0.25) is 5.91 Å². The first-order valence-corrected chi connectivity index (χ1v) is 7.63. The van der Waals surface area contributed by atoms with E-state index in [2.05, 4.69) is 10.3 Å². The smallest absolute Gasteiger partial charge is 0.277 e. The Bertz CT molecular complexity index is 650. The first-order valence-electron chi connectivity index (χ1n) is 6.76. The molecule has 9 heteroatoms. The Morgan fingerprint density at radius 2 is 1.92 bits per heavy atom. The number of amides is 1. The first kappa shape index (κ1) is 22.7. The summed E-state index contributed by atoms with van der Waals surface area (Å²) in [5.41, 5.74) is 7.60. The Morgan fingerprint density at radius 3 is 2.50 bits per heavy atom. The van der Waals surface area contributed by atoms with E-state index < -0.39 is 24.9 Å². The fraction of sp³-hybridized carbons (Fsp3) is 0.333. The number of hydrogen-bond donors (Lipinski definition) is 2. The molecule has 0 bridgehead atoms. The van der Waals surface area contributed by atoms with Crippen molar-refractivity contribution in [2.45, 2.75) is 19.3 Å². The number of benzene rings is 1. The molecule has 0 saturated heterocycles. The van der Waals surface area contributed by atoms with Crippen LogP contribution >= 0.6 is 36.2 Å². The molecule has 0 aliphatic carbocycles. The van der Waals surface area contributed by atoms with Gasteiger partial charge in [-0.2, -0.15) is 0 Å². The van der Waals surface area contributed by atoms with Crippen LogP contribution in [0, 0.1) is 6.92 Å². The van der Waals surface area contributed by atoms with Crippen LogP contribution in [0.5, 0.6) is 0 Å². The number of carbonyl (C=O) groups is 1. The Balaban J connectivity index is 0.00000264. The van der Waals surface area contributed by atoms with Crippen LogP contribution in [0.15, 0.2) is 29.6 Å². The Hall–Kier alpha value is -1.28. The van der Waals surface area contributed by atoms with Crippen molar-refractivity contribution in [3.63, 3.8) is 0 Å². The summed E-state index contributed by atoms with van der Waals surface area (Å²) in [7, 11) is 0. The molecule has 1 amide bonds. The Kier molecular flexibility index (Phi) is 9.35. The van der Waals surface area contributed by atoms with Gasteiger partial charge in [0.05, 0.1) is 25.2 Å². The number of aryl methyl sites for hydroxylation is 1. The second-order valence-electron chi connectivity index (χ2n) is 5.02. The normalized spacial score (nSPS) is 10.5. The van der Waals surface area contributed by atoms with Crippen molar-refractivity contribution in [2.24, 2.45) is 5.73 Å². The van der Waals surface area contributed by atoms with E-state index in [0.717, 1.165) is 16.1 Å². The first-order chi connectivity index (χ1) is 10.4. The second kappa shape index (κ2) is 9.88.